The first kappa shape index (κ1) is 15.5. The second-order valence-electron chi connectivity index (χ2n) is 5.68. The average molecular weight is 284 g/mol. The summed E-state index contributed by atoms with van der Waals surface area (Å²) < 4.78 is 6.09. The van der Waals surface area contributed by atoms with Gasteiger partial charge in [-0.3, -0.25) is 4.98 Å². The fourth-order valence-electron chi connectivity index (χ4n) is 2.14. The van der Waals surface area contributed by atoms with Crippen LogP contribution in [0, 0.1) is 5.92 Å². The molecule has 1 aromatic carbocycles. The van der Waals surface area contributed by atoms with Crippen molar-refractivity contribution < 1.29 is 4.74 Å². The number of benzene rings is 1. The summed E-state index contributed by atoms with van der Waals surface area (Å²) in [5.41, 5.74) is 2.32. The Morgan fingerprint density at radius 2 is 1.86 bits per heavy atom. The van der Waals surface area contributed by atoms with Crippen LogP contribution < -0.4 is 10.1 Å². The molecule has 1 unspecified atom stereocenters. The highest BCUT2D eigenvalue weighted by Crippen LogP contribution is 2.24. The first-order valence-electron chi connectivity index (χ1n) is 7.52. The van der Waals surface area contributed by atoms with E-state index in [1.54, 1.807) is 6.20 Å². The van der Waals surface area contributed by atoms with Crippen molar-refractivity contribution in [2.45, 2.75) is 33.4 Å². The second-order valence-corrected chi connectivity index (χ2v) is 5.68. The zero-order valence-corrected chi connectivity index (χ0v) is 13.0. The molecule has 2 aromatic rings. The van der Waals surface area contributed by atoms with Gasteiger partial charge in [0.25, 0.3) is 0 Å². The van der Waals surface area contributed by atoms with E-state index in [2.05, 4.69) is 43.2 Å². The van der Waals surface area contributed by atoms with Crippen molar-refractivity contribution in [2.75, 3.05) is 6.54 Å². The summed E-state index contributed by atoms with van der Waals surface area (Å²) >= 11 is 0. The Labute approximate surface area is 127 Å². The molecule has 1 heterocycles. The monoisotopic (exact) mass is 284 g/mol. The van der Waals surface area contributed by atoms with Crippen LogP contribution in [0.5, 0.6) is 5.75 Å². The highest BCUT2D eigenvalue weighted by atomic mass is 16.5. The van der Waals surface area contributed by atoms with Crippen LogP contribution in [0.1, 0.15) is 38.0 Å². The number of rotatable bonds is 7. The number of ether oxygens (including phenoxy) is 1. The number of hydrogen-bond donors (Lipinski definition) is 1. The Hall–Kier alpha value is -1.87. The Bertz CT molecular complexity index is 540. The van der Waals surface area contributed by atoms with Gasteiger partial charge in [0, 0.05) is 18.3 Å². The fourth-order valence-corrected chi connectivity index (χ4v) is 2.14. The van der Waals surface area contributed by atoms with E-state index in [4.69, 9.17) is 4.74 Å². The van der Waals surface area contributed by atoms with E-state index in [0.717, 1.165) is 24.4 Å². The maximum absolute atomic E-state index is 6.09. The summed E-state index contributed by atoms with van der Waals surface area (Å²) in [7, 11) is 0. The van der Waals surface area contributed by atoms with Crippen molar-refractivity contribution >= 4 is 0 Å². The molecule has 1 aromatic heterocycles. The van der Waals surface area contributed by atoms with Gasteiger partial charge in [-0.2, -0.15) is 0 Å². The molecule has 0 aliphatic rings. The smallest absolute Gasteiger partial charge is 0.142 e. The first-order chi connectivity index (χ1) is 10.2. The highest BCUT2D eigenvalue weighted by molar-refractivity contribution is 5.31. The fraction of sp³-hybridized carbons (Fsp3) is 0.389. The van der Waals surface area contributed by atoms with Crippen LogP contribution in [-0.4, -0.2) is 11.5 Å². The molecule has 0 radical (unpaired) electrons. The number of nitrogens with zero attached hydrogens (tertiary/aromatic N) is 1. The topological polar surface area (TPSA) is 34.2 Å². The number of nitrogens with one attached hydrogen (secondary N) is 1. The SMILES string of the molecule is CC(C)CNCc1ccncc1OC(C)c1ccccc1. The highest BCUT2D eigenvalue weighted by Gasteiger charge is 2.10. The normalized spacial score (nSPS) is 12.4. The first-order valence-corrected chi connectivity index (χ1v) is 7.52. The minimum Gasteiger partial charge on any atom is -0.484 e. The second kappa shape index (κ2) is 7.79. The molecule has 21 heavy (non-hydrogen) atoms. The molecule has 3 heteroatoms. The van der Waals surface area contributed by atoms with Gasteiger partial charge in [0.2, 0.25) is 0 Å². The third-order valence-corrected chi connectivity index (χ3v) is 3.31. The van der Waals surface area contributed by atoms with Gasteiger partial charge in [0.05, 0.1) is 6.20 Å². The predicted octanol–water partition coefficient (Wildman–Crippen LogP) is 3.97. The Morgan fingerprint density at radius 3 is 2.57 bits per heavy atom. The van der Waals surface area contributed by atoms with Crippen LogP contribution in [0.2, 0.25) is 0 Å². The summed E-state index contributed by atoms with van der Waals surface area (Å²) in [6.45, 7) is 8.27. The quantitative estimate of drug-likeness (QED) is 0.835. The summed E-state index contributed by atoms with van der Waals surface area (Å²) in [6, 6.07) is 12.3. The zero-order chi connectivity index (χ0) is 15.1. The molecule has 0 saturated heterocycles. The standard InChI is InChI=1S/C18H24N2O/c1-14(2)11-20-12-17-9-10-19-13-18(17)21-15(3)16-7-5-4-6-8-16/h4-10,13-15,20H,11-12H2,1-3H3. The minimum atomic E-state index is 0.0132. The van der Waals surface area contributed by atoms with Gasteiger partial charge in [0.1, 0.15) is 11.9 Å². The third-order valence-electron chi connectivity index (χ3n) is 3.31. The van der Waals surface area contributed by atoms with Crippen molar-refractivity contribution in [3.05, 3.63) is 59.9 Å². The maximum atomic E-state index is 6.09. The molecule has 1 atom stereocenters. The van der Waals surface area contributed by atoms with Gasteiger partial charge in [-0.25, -0.2) is 0 Å². The lowest BCUT2D eigenvalue weighted by molar-refractivity contribution is 0.223. The molecule has 2 rings (SSSR count). The molecule has 0 bridgehead atoms. The lowest BCUT2D eigenvalue weighted by atomic mass is 10.1. The van der Waals surface area contributed by atoms with Crippen LogP contribution in [0.15, 0.2) is 48.8 Å². The molecule has 1 N–H and O–H groups in total. The number of hydrogen-bond acceptors (Lipinski definition) is 3. The molecular formula is C18H24N2O. The van der Waals surface area contributed by atoms with Crippen molar-refractivity contribution in [1.82, 2.24) is 10.3 Å². The molecule has 3 nitrogen and oxygen atoms in total. The van der Waals surface area contributed by atoms with Crippen molar-refractivity contribution in [2.24, 2.45) is 5.92 Å². The number of aromatic nitrogens is 1. The summed E-state index contributed by atoms with van der Waals surface area (Å²) in [4.78, 5) is 4.18. The lowest BCUT2D eigenvalue weighted by Crippen LogP contribution is -2.19. The van der Waals surface area contributed by atoms with Crippen LogP contribution in [0.25, 0.3) is 0 Å². The summed E-state index contributed by atoms with van der Waals surface area (Å²) in [5.74, 6) is 1.49. The lowest BCUT2D eigenvalue weighted by Gasteiger charge is -2.18. The third kappa shape index (κ3) is 4.87. The van der Waals surface area contributed by atoms with E-state index in [1.807, 2.05) is 30.5 Å². The van der Waals surface area contributed by atoms with Gasteiger partial charge < -0.3 is 10.1 Å². The van der Waals surface area contributed by atoms with Crippen LogP contribution in [-0.2, 0) is 6.54 Å². The van der Waals surface area contributed by atoms with Gasteiger partial charge in [0.15, 0.2) is 0 Å². The van der Waals surface area contributed by atoms with Crippen LogP contribution in [0.3, 0.4) is 0 Å². The zero-order valence-electron chi connectivity index (χ0n) is 13.0. The van der Waals surface area contributed by atoms with Gasteiger partial charge >= 0.3 is 0 Å². The Kier molecular flexibility index (Phi) is 5.76. The minimum absolute atomic E-state index is 0.0132. The number of pyridine rings is 1. The molecule has 0 spiro atoms. The summed E-state index contributed by atoms with van der Waals surface area (Å²) in [5, 5.41) is 3.45. The van der Waals surface area contributed by atoms with Crippen molar-refractivity contribution in [3.63, 3.8) is 0 Å². The van der Waals surface area contributed by atoms with E-state index < -0.39 is 0 Å². The van der Waals surface area contributed by atoms with Crippen LogP contribution in [0.4, 0.5) is 0 Å². The van der Waals surface area contributed by atoms with E-state index in [1.165, 1.54) is 5.56 Å². The van der Waals surface area contributed by atoms with E-state index in [0.29, 0.717) is 5.92 Å². The predicted molar refractivity (Wildman–Crippen MR) is 86.3 cm³/mol. The van der Waals surface area contributed by atoms with E-state index in [9.17, 15) is 0 Å². The summed E-state index contributed by atoms with van der Waals surface area (Å²) in [6.07, 6.45) is 3.62. The molecule has 112 valence electrons. The van der Waals surface area contributed by atoms with Gasteiger partial charge in [-0.05, 0) is 31.0 Å². The Morgan fingerprint density at radius 1 is 1.10 bits per heavy atom. The largest absolute Gasteiger partial charge is 0.484 e. The van der Waals surface area contributed by atoms with Crippen molar-refractivity contribution in [3.8, 4) is 5.75 Å². The molecule has 0 aliphatic carbocycles. The van der Waals surface area contributed by atoms with E-state index in [-0.39, 0.29) is 6.10 Å². The van der Waals surface area contributed by atoms with Gasteiger partial charge in [-0.1, -0.05) is 44.2 Å². The molecule has 0 amide bonds. The Balaban J connectivity index is 2.02. The van der Waals surface area contributed by atoms with Gasteiger partial charge in [-0.15, -0.1) is 0 Å². The molecule has 0 aliphatic heterocycles. The van der Waals surface area contributed by atoms with E-state index >= 15 is 0 Å². The van der Waals surface area contributed by atoms with Crippen LogP contribution >= 0.6 is 0 Å². The molecule has 0 saturated carbocycles. The van der Waals surface area contributed by atoms with Crippen molar-refractivity contribution in [1.29, 1.82) is 0 Å². The molecular weight excluding hydrogens is 260 g/mol. The molecule has 0 fully saturated rings. The average Bonchev–Trinajstić information content (AvgIpc) is 2.49. The maximum Gasteiger partial charge on any atom is 0.142 e.